The van der Waals surface area contributed by atoms with Crippen molar-refractivity contribution in [2.45, 2.75) is 65.1 Å². The molecular weight excluding hydrogens is 244 g/mol. The minimum absolute atomic E-state index is 0.0650. The first-order valence-electron chi connectivity index (χ1n) is 7.16. The van der Waals surface area contributed by atoms with Gasteiger partial charge >= 0.3 is 5.97 Å². The lowest BCUT2D eigenvalue weighted by molar-refractivity contribution is -0.147. The number of carboxylic acids is 1. The maximum absolute atomic E-state index is 12.5. The molecule has 1 heterocycles. The van der Waals surface area contributed by atoms with Gasteiger partial charge in [0.2, 0.25) is 5.91 Å². The van der Waals surface area contributed by atoms with Crippen LogP contribution in [0.1, 0.15) is 47.0 Å². The number of carbonyl (C=O) groups excluding carboxylic acids is 1. The quantitative estimate of drug-likeness (QED) is 0.796. The Hall–Kier alpha value is -1.10. The summed E-state index contributed by atoms with van der Waals surface area (Å²) in [7, 11) is 0. The van der Waals surface area contributed by atoms with Crippen molar-refractivity contribution in [1.29, 1.82) is 0 Å². The van der Waals surface area contributed by atoms with Gasteiger partial charge in [0.05, 0.1) is 6.04 Å². The van der Waals surface area contributed by atoms with Crippen LogP contribution in [0.25, 0.3) is 0 Å². The molecule has 19 heavy (non-hydrogen) atoms. The number of hydrogen-bond acceptors (Lipinski definition) is 3. The molecule has 0 bridgehead atoms. The zero-order valence-electron chi connectivity index (χ0n) is 12.4. The molecule has 1 amide bonds. The third kappa shape index (κ3) is 3.93. The SMILES string of the molecule is CCCN(CC(=O)O)C(=O)C(C)N1C(C)CCC1C. The first kappa shape index (κ1) is 16.0. The number of amides is 1. The van der Waals surface area contributed by atoms with E-state index in [1.165, 1.54) is 4.90 Å². The average molecular weight is 270 g/mol. The normalized spacial score (nSPS) is 25.3. The van der Waals surface area contributed by atoms with E-state index in [9.17, 15) is 9.59 Å². The summed E-state index contributed by atoms with van der Waals surface area (Å²) in [5.74, 6) is -1.01. The molecule has 0 radical (unpaired) electrons. The summed E-state index contributed by atoms with van der Waals surface area (Å²) in [6.07, 6.45) is 2.98. The predicted octanol–water partition coefficient (Wildman–Crippen LogP) is 1.57. The molecule has 3 atom stereocenters. The van der Waals surface area contributed by atoms with E-state index >= 15 is 0 Å². The van der Waals surface area contributed by atoms with Crippen molar-refractivity contribution in [3.05, 3.63) is 0 Å². The van der Waals surface area contributed by atoms with E-state index in [-0.39, 0.29) is 18.5 Å². The molecule has 3 unspecified atom stereocenters. The highest BCUT2D eigenvalue weighted by Crippen LogP contribution is 2.26. The highest BCUT2D eigenvalue weighted by molar-refractivity contribution is 5.85. The van der Waals surface area contributed by atoms with Crippen molar-refractivity contribution in [2.24, 2.45) is 0 Å². The van der Waals surface area contributed by atoms with E-state index in [1.807, 2.05) is 13.8 Å². The molecule has 1 saturated heterocycles. The van der Waals surface area contributed by atoms with Crippen LogP contribution in [0.4, 0.5) is 0 Å². The molecule has 1 N–H and O–H groups in total. The summed E-state index contributed by atoms with van der Waals surface area (Å²) in [4.78, 5) is 27.0. The monoisotopic (exact) mass is 270 g/mol. The molecule has 1 fully saturated rings. The molecule has 0 spiro atoms. The summed E-state index contributed by atoms with van der Waals surface area (Å²) in [6, 6.07) is 0.544. The lowest BCUT2D eigenvalue weighted by atomic mass is 10.2. The van der Waals surface area contributed by atoms with Crippen LogP contribution in [-0.4, -0.2) is 58.0 Å². The largest absolute Gasteiger partial charge is 0.480 e. The Morgan fingerprint density at radius 1 is 1.32 bits per heavy atom. The van der Waals surface area contributed by atoms with Crippen LogP contribution in [0.2, 0.25) is 0 Å². The van der Waals surface area contributed by atoms with Gasteiger partial charge in [-0.05, 0) is 40.0 Å². The predicted molar refractivity (Wildman–Crippen MR) is 74.0 cm³/mol. The smallest absolute Gasteiger partial charge is 0.323 e. The average Bonchev–Trinajstić information content (AvgIpc) is 2.66. The minimum Gasteiger partial charge on any atom is -0.480 e. The molecule has 5 heteroatoms. The van der Waals surface area contributed by atoms with Crippen molar-refractivity contribution in [3.63, 3.8) is 0 Å². The Bertz CT molecular complexity index is 323. The zero-order chi connectivity index (χ0) is 14.6. The summed E-state index contributed by atoms with van der Waals surface area (Å²) in [5.41, 5.74) is 0. The Kier molecular flexibility index (Phi) is 5.79. The van der Waals surface area contributed by atoms with E-state index in [0.29, 0.717) is 18.6 Å². The maximum atomic E-state index is 12.5. The molecule has 0 aromatic rings. The summed E-state index contributed by atoms with van der Waals surface area (Å²) in [5, 5.41) is 8.90. The van der Waals surface area contributed by atoms with Crippen molar-refractivity contribution in [1.82, 2.24) is 9.80 Å². The fraction of sp³-hybridized carbons (Fsp3) is 0.857. The Balaban J connectivity index is 2.74. The van der Waals surface area contributed by atoms with Gasteiger partial charge in [0.25, 0.3) is 0 Å². The second-order valence-corrected chi connectivity index (χ2v) is 5.55. The van der Waals surface area contributed by atoms with E-state index < -0.39 is 5.97 Å². The third-order valence-corrected chi connectivity index (χ3v) is 3.96. The van der Waals surface area contributed by atoms with Crippen molar-refractivity contribution in [2.75, 3.05) is 13.1 Å². The van der Waals surface area contributed by atoms with Crippen molar-refractivity contribution >= 4 is 11.9 Å². The van der Waals surface area contributed by atoms with Gasteiger partial charge in [-0.1, -0.05) is 6.92 Å². The number of carboxylic acid groups (broad SMARTS) is 1. The van der Waals surface area contributed by atoms with E-state index in [1.54, 1.807) is 0 Å². The molecule has 5 nitrogen and oxygen atoms in total. The third-order valence-electron chi connectivity index (χ3n) is 3.96. The molecule has 1 aliphatic heterocycles. The van der Waals surface area contributed by atoms with Crippen LogP contribution in [-0.2, 0) is 9.59 Å². The van der Waals surface area contributed by atoms with Gasteiger partial charge in [-0.2, -0.15) is 0 Å². The van der Waals surface area contributed by atoms with Gasteiger partial charge in [0.15, 0.2) is 0 Å². The molecule has 1 rings (SSSR count). The van der Waals surface area contributed by atoms with Crippen LogP contribution in [0.15, 0.2) is 0 Å². The molecule has 1 aliphatic rings. The molecular formula is C14H26N2O3. The van der Waals surface area contributed by atoms with Crippen LogP contribution < -0.4 is 0 Å². The molecule has 0 aliphatic carbocycles. The zero-order valence-corrected chi connectivity index (χ0v) is 12.4. The highest BCUT2D eigenvalue weighted by atomic mass is 16.4. The number of rotatable bonds is 6. The highest BCUT2D eigenvalue weighted by Gasteiger charge is 2.36. The van der Waals surface area contributed by atoms with Gasteiger partial charge in [-0.3, -0.25) is 14.5 Å². The standard InChI is InChI=1S/C14H26N2O3/c1-5-8-15(9-13(17)18)14(19)12(4)16-10(2)6-7-11(16)3/h10-12H,5-9H2,1-4H3,(H,17,18). The van der Waals surface area contributed by atoms with Gasteiger partial charge in [-0.25, -0.2) is 0 Å². The van der Waals surface area contributed by atoms with Gasteiger partial charge in [0, 0.05) is 18.6 Å². The molecule has 0 aromatic heterocycles. The fourth-order valence-corrected chi connectivity index (χ4v) is 3.07. The van der Waals surface area contributed by atoms with Crippen LogP contribution >= 0.6 is 0 Å². The van der Waals surface area contributed by atoms with E-state index in [2.05, 4.69) is 18.7 Å². The summed E-state index contributed by atoms with van der Waals surface area (Å²) in [6.45, 7) is 8.42. The van der Waals surface area contributed by atoms with Crippen LogP contribution in [0, 0.1) is 0 Å². The van der Waals surface area contributed by atoms with Crippen molar-refractivity contribution in [3.8, 4) is 0 Å². The first-order valence-corrected chi connectivity index (χ1v) is 7.16. The number of nitrogens with zero attached hydrogens (tertiary/aromatic N) is 2. The second-order valence-electron chi connectivity index (χ2n) is 5.55. The Labute approximate surface area is 115 Å². The first-order chi connectivity index (χ1) is 8.88. The van der Waals surface area contributed by atoms with Crippen LogP contribution in [0.5, 0.6) is 0 Å². The number of likely N-dealkylation sites (tertiary alicyclic amines) is 1. The summed E-state index contributed by atoms with van der Waals surface area (Å²) >= 11 is 0. The Morgan fingerprint density at radius 3 is 2.26 bits per heavy atom. The maximum Gasteiger partial charge on any atom is 0.323 e. The second kappa shape index (κ2) is 6.89. The lowest BCUT2D eigenvalue weighted by Gasteiger charge is -2.34. The Morgan fingerprint density at radius 2 is 1.84 bits per heavy atom. The molecule has 110 valence electrons. The number of carbonyl (C=O) groups is 2. The van der Waals surface area contributed by atoms with Crippen LogP contribution in [0.3, 0.4) is 0 Å². The minimum atomic E-state index is -0.948. The molecule has 0 aromatic carbocycles. The van der Waals surface area contributed by atoms with Gasteiger partial charge < -0.3 is 10.0 Å². The van der Waals surface area contributed by atoms with E-state index in [4.69, 9.17) is 5.11 Å². The fourth-order valence-electron chi connectivity index (χ4n) is 3.07. The summed E-state index contributed by atoms with van der Waals surface area (Å²) < 4.78 is 0. The molecule has 0 saturated carbocycles. The van der Waals surface area contributed by atoms with Gasteiger partial charge in [-0.15, -0.1) is 0 Å². The number of hydrogen-bond donors (Lipinski definition) is 1. The van der Waals surface area contributed by atoms with E-state index in [0.717, 1.165) is 19.3 Å². The number of aliphatic carboxylic acids is 1. The topological polar surface area (TPSA) is 60.9 Å². The van der Waals surface area contributed by atoms with Crippen molar-refractivity contribution < 1.29 is 14.7 Å². The van der Waals surface area contributed by atoms with Gasteiger partial charge in [0.1, 0.15) is 6.54 Å². The lowest BCUT2D eigenvalue weighted by Crippen LogP contribution is -2.51.